The summed E-state index contributed by atoms with van der Waals surface area (Å²) in [7, 11) is 0. The van der Waals surface area contributed by atoms with Gasteiger partial charge in [-0.15, -0.1) is 11.3 Å². The van der Waals surface area contributed by atoms with Gasteiger partial charge in [0, 0.05) is 6.54 Å². The van der Waals surface area contributed by atoms with E-state index in [1.165, 1.54) is 37.0 Å². The van der Waals surface area contributed by atoms with E-state index in [9.17, 15) is 4.79 Å². The maximum atomic E-state index is 11.7. The van der Waals surface area contributed by atoms with Gasteiger partial charge in [0.05, 0.1) is 17.3 Å². The normalized spacial score (nSPS) is 10.9. The minimum atomic E-state index is -0.332. The molecule has 0 aliphatic heterocycles. The summed E-state index contributed by atoms with van der Waals surface area (Å²) < 4.78 is 4.97. The van der Waals surface area contributed by atoms with E-state index in [2.05, 4.69) is 19.2 Å². The first-order chi connectivity index (χ1) is 10.0. The van der Waals surface area contributed by atoms with Crippen LogP contribution in [0.3, 0.4) is 0 Å². The van der Waals surface area contributed by atoms with Gasteiger partial charge in [-0.05, 0) is 25.3 Å². The van der Waals surface area contributed by atoms with E-state index in [0.29, 0.717) is 17.2 Å². The van der Waals surface area contributed by atoms with Crippen molar-refractivity contribution in [3.63, 3.8) is 0 Å². The van der Waals surface area contributed by atoms with Crippen molar-refractivity contribution in [2.45, 2.75) is 52.9 Å². The van der Waals surface area contributed by atoms with Crippen molar-refractivity contribution in [3.8, 4) is 0 Å². The lowest BCUT2D eigenvalue weighted by atomic mass is 10.0. The molecule has 0 saturated heterocycles. The van der Waals surface area contributed by atoms with Crippen LogP contribution in [-0.4, -0.2) is 19.1 Å². The van der Waals surface area contributed by atoms with Gasteiger partial charge in [-0.1, -0.05) is 39.5 Å². The number of esters is 1. The van der Waals surface area contributed by atoms with Gasteiger partial charge in [0.2, 0.25) is 0 Å². The third-order valence-electron chi connectivity index (χ3n) is 3.23. The molecule has 1 heterocycles. The number of carbonyl (C=O) groups is 1. The summed E-state index contributed by atoms with van der Waals surface area (Å²) in [6.07, 6.45) is 6.31. The summed E-state index contributed by atoms with van der Waals surface area (Å²) in [5, 5.41) is 4.28. The number of unbranched alkanes of at least 4 members (excludes halogenated alkanes) is 3. The summed E-state index contributed by atoms with van der Waals surface area (Å²) in [5.74, 6) is 0.472. The molecular formula is C16H28N2O2S. The Morgan fingerprint density at radius 3 is 2.71 bits per heavy atom. The quantitative estimate of drug-likeness (QED) is 0.492. The molecule has 0 aliphatic rings. The molecule has 3 N–H and O–H groups in total. The molecule has 0 fully saturated rings. The molecular weight excluding hydrogens is 284 g/mol. The SMILES string of the molecule is CCOC(=O)c1sc(NCCCCCCC(C)C)cc1N. The van der Waals surface area contributed by atoms with Crippen molar-refractivity contribution in [1.82, 2.24) is 0 Å². The fraction of sp³-hybridized carbons (Fsp3) is 0.688. The second kappa shape index (κ2) is 9.66. The molecule has 0 unspecified atom stereocenters. The van der Waals surface area contributed by atoms with Gasteiger partial charge in [-0.2, -0.15) is 0 Å². The van der Waals surface area contributed by atoms with E-state index in [0.717, 1.165) is 23.9 Å². The van der Waals surface area contributed by atoms with Crippen LogP contribution in [0.4, 0.5) is 10.7 Å². The molecule has 1 aromatic heterocycles. The number of hydrogen-bond acceptors (Lipinski definition) is 5. The van der Waals surface area contributed by atoms with Gasteiger partial charge in [0.25, 0.3) is 0 Å². The van der Waals surface area contributed by atoms with Crippen LogP contribution in [0, 0.1) is 5.92 Å². The molecule has 1 rings (SSSR count). The first-order valence-corrected chi connectivity index (χ1v) is 8.66. The van der Waals surface area contributed by atoms with Crippen molar-refractivity contribution in [3.05, 3.63) is 10.9 Å². The number of thiophene rings is 1. The van der Waals surface area contributed by atoms with Crippen LogP contribution < -0.4 is 11.1 Å². The Balaban J connectivity index is 2.24. The Bertz CT molecular complexity index is 430. The van der Waals surface area contributed by atoms with Gasteiger partial charge in [0.1, 0.15) is 4.88 Å². The third kappa shape index (κ3) is 6.85. The molecule has 21 heavy (non-hydrogen) atoms. The van der Waals surface area contributed by atoms with E-state index in [1.54, 1.807) is 6.92 Å². The average molecular weight is 312 g/mol. The average Bonchev–Trinajstić information content (AvgIpc) is 2.79. The minimum Gasteiger partial charge on any atom is -0.462 e. The summed E-state index contributed by atoms with van der Waals surface area (Å²) in [6, 6.07) is 1.82. The minimum absolute atomic E-state index is 0.332. The van der Waals surface area contributed by atoms with E-state index in [4.69, 9.17) is 10.5 Å². The Labute approximate surface area is 132 Å². The summed E-state index contributed by atoms with van der Waals surface area (Å²) >= 11 is 1.37. The molecule has 0 radical (unpaired) electrons. The van der Waals surface area contributed by atoms with Crippen LogP contribution in [0.2, 0.25) is 0 Å². The van der Waals surface area contributed by atoms with Gasteiger partial charge in [-0.25, -0.2) is 4.79 Å². The molecule has 0 spiro atoms. The molecule has 0 amide bonds. The number of nitrogens with one attached hydrogen (secondary N) is 1. The first kappa shape index (κ1) is 17.8. The second-order valence-corrected chi connectivity index (χ2v) is 6.69. The number of anilines is 2. The first-order valence-electron chi connectivity index (χ1n) is 7.84. The zero-order chi connectivity index (χ0) is 15.7. The largest absolute Gasteiger partial charge is 0.462 e. The van der Waals surface area contributed by atoms with E-state index in [-0.39, 0.29) is 5.97 Å². The Hall–Kier alpha value is -1.23. The molecule has 0 saturated carbocycles. The third-order valence-corrected chi connectivity index (χ3v) is 4.32. The van der Waals surface area contributed by atoms with Crippen LogP contribution in [0.1, 0.15) is 62.5 Å². The van der Waals surface area contributed by atoms with Crippen molar-refractivity contribution in [2.75, 3.05) is 24.2 Å². The fourth-order valence-electron chi connectivity index (χ4n) is 2.09. The van der Waals surface area contributed by atoms with Gasteiger partial charge in [-0.3, -0.25) is 0 Å². The monoisotopic (exact) mass is 312 g/mol. The summed E-state index contributed by atoms with van der Waals surface area (Å²) in [4.78, 5) is 12.2. The van der Waals surface area contributed by atoms with Crippen LogP contribution in [-0.2, 0) is 4.74 Å². The molecule has 4 nitrogen and oxygen atoms in total. The summed E-state index contributed by atoms with van der Waals surface area (Å²) in [5.41, 5.74) is 6.34. The van der Waals surface area contributed by atoms with Crippen LogP contribution in [0.5, 0.6) is 0 Å². The van der Waals surface area contributed by atoms with E-state index >= 15 is 0 Å². The summed E-state index contributed by atoms with van der Waals surface area (Å²) in [6.45, 7) is 7.62. The van der Waals surface area contributed by atoms with Crippen molar-refractivity contribution >= 4 is 28.0 Å². The highest BCUT2D eigenvalue weighted by atomic mass is 32.1. The number of nitrogen functional groups attached to an aromatic ring is 1. The topological polar surface area (TPSA) is 64.3 Å². The molecule has 1 aromatic rings. The molecule has 0 aliphatic carbocycles. The number of ether oxygens (including phenoxy) is 1. The predicted molar refractivity (Wildman–Crippen MR) is 91.1 cm³/mol. The predicted octanol–water partition coefficient (Wildman–Crippen LogP) is 4.53. The zero-order valence-electron chi connectivity index (χ0n) is 13.4. The number of carbonyl (C=O) groups excluding carboxylic acids is 1. The number of rotatable bonds is 10. The lowest BCUT2D eigenvalue weighted by molar-refractivity contribution is 0.0533. The highest BCUT2D eigenvalue weighted by molar-refractivity contribution is 7.18. The van der Waals surface area contributed by atoms with Crippen molar-refractivity contribution < 1.29 is 9.53 Å². The van der Waals surface area contributed by atoms with Crippen molar-refractivity contribution in [2.24, 2.45) is 5.92 Å². The van der Waals surface area contributed by atoms with Crippen LogP contribution in [0.25, 0.3) is 0 Å². The zero-order valence-corrected chi connectivity index (χ0v) is 14.2. The molecule has 0 bridgehead atoms. The second-order valence-electron chi connectivity index (χ2n) is 5.64. The fourth-order valence-corrected chi connectivity index (χ4v) is 2.99. The Morgan fingerprint density at radius 2 is 2.05 bits per heavy atom. The Kier molecular flexibility index (Phi) is 8.20. The van der Waals surface area contributed by atoms with E-state index in [1.807, 2.05) is 6.07 Å². The van der Waals surface area contributed by atoms with Gasteiger partial charge >= 0.3 is 5.97 Å². The smallest absolute Gasteiger partial charge is 0.350 e. The molecule has 5 heteroatoms. The molecule has 0 atom stereocenters. The maximum Gasteiger partial charge on any atom is 0.350 e. The highest BCUT2D eigenvalue weighted by Crippen LogP contribution is 2.29. The maximum absolute atomic E-state index is 11.7. The lowest BCUT2D eigenvalue weighted by Crippen LogP contribution is -2.04. The molecule has 120 valence electrons. The van der Waals surface area contributed by atoms with E-state index < -0.39 is 0 Å². The highest BCUT2D eigenvalue weighted by Gasteiger charge is 2.15. The standard InChI is InChI=1S/C16H28N2O2S/c1-4-20-16(19)15-13(17)11-14(21-15)18-10-8-6-5-7-9-12(2)3/h11-12,18H,4-10,17H2,1-3H3. The van der Waals surface area contributed by atoms with Crippen LogP contribution in [0.15, 0.2) is 6.07 Å². The van der Waals surface area contributed by atoms with Crippen molar-refractivity contribution in [1.29, 1.82) is 0 Å². The number of nitrogens with two attached hydrogens (primary N) is 1. The van der Waals surface area contributed by atoms with Crippen LogP contribution >= 0.6 is 11.3 Å². The molecule has 0 aromatic carbocycles. The van der Waals surface area contributed by atoms with Gasteiger partial charge < -0.3 is 15.8 Å². The Morgan fingerprint density at radius 1 is 1.33 bits per heavy atom. The van der Waals surface area contributed by atoms with Gasteiger partial charge in [0.15, 0.2) is 0 Å². The lowest BCUT2D eigenvalue weighted by Gasteiger charge is -2.05. The number of hydrogen-bond donors (Lipinski definition) is 2.